The molecule has 1 saturated carbocycles. The van der Waals surface area contributed by atoms with Crippen molar-refractivity contribution in [3.8, 4) is 11.5 Å². The number of hydrogen-bond donors (Lipinski definition) is 3. The third-order valence-electron chi connectivity index (χ3n) is 5.67. The van der Waals surface area contributed by atoms with Crippen LogP contribution < -0.4 is 31.0 Å². The van der Waals surface area contributed by atoms with E-state index in [0.717, 1.165) is 25.7 Å². The van der Waals surface area contributed by atoms with Crippen molar-refractivity contribution in [2.24, 2.45) is 5.92 Å². The molecule has 0 unspecified atom stereocenters. The van der Waals surface area contributed by atoms with Crippen molar-refractivity contribution >= 4 is 29.1 Å². The highest BCUT2D eigenvalue weighted by atomic mass is 17.2. The number of hydrogen-bond acceptors (Lipinski definition) is 10. The SMILES string of the molecule is CNC(=O)CNC(=O)OCCOc1cc2oc(=O)ccc2cc1OCOOC(=O)NC1CCC(C)CC1. The Bertz CT molecular complexity index is 1130. The molecule has 2 aromatic rings. The van der Waals surface area contributed by atoms with Crippen LogP contribution in [0.1, 0.15) is 32.6 Å². The Hall–Kier alpha value is -4.00. The van der Waals surface area contributed by atoms with Gasteiger partial charge in [0.2, 0.25) is 12.7 Å². The highest BCUT2D eigenvalue weighted by Crippen LogP contribution is 2.32. The van der Waals surface area contributed by atoms with Crippen molar-refractivity contribution in [2.45, 2.75) is 38.6 Å². The first-order valence-electron chi connectivity index (χ1n) is 11.9. The lowest BCUT2D eigenvalue weighted by Gasteiger charge is -2.26. The van der Waals surface area contributed by atoms with Gasteiger partial charge in [-0.05, 0) is 43.7 Å². The van der Waals surface area contributed by atoms with Crippen molar-refractivity contribution in [3.05, 3.63) is 34.7 Å². The van der Waals surface area contributed by atoms with E-state index in [1.807, 2.05) is 0 Å². The number of carbonyl (C=O) groups excluding carboxylic acids is 3. The molecular formula is C24H31N3O10. The van der Waals surface area contributed by atoms with Crippen molar-refractivity contribution in [3.63, 3.8) is 0 Å². The minimum absolute atomic E-state index is 0.0523. The van der Waals surface area contributed by atoms with Crippen LogP contribution in [-0.2, 0) is 19.3 Å². The van der Waals surface area contributed by atoms with E-state index in [9.17, 15) is 19.2 Å². The number of fused-ring (bicyclic) bond motifs is 1. The van der Waals surface area contributed by atoms with E-state index >= 15 is 0 Å². The summed E-state index contributed by atoms with van der Waals surface area (Å²) in [5.74, 6) is 0.652. The number of benzene rings is 1. The highest BCUT2D eigenvalue weighted by Gasteiger charge is 2.20. The molecule has 1 aliphatic rings. The number of likely N-dealkylation sites (N-methyl/N-ethyl adjacent to an activating group) is 1. The summed E-state index contributed by atoms with van der Waals surface area (Å²) in [6.45, 7) is 1.30. The molecular weight excluding hydrogens is 490 g/mol. The Morgan fingerprint density at radius 2 is 1.76 bits per heavy atom. The minimum atomic E-state index is -0.792. The summed E-state index contributed by atoms with van der Waals surface area (Å²) < 4.78 is 21.3. The molecule has 1 fully saturated rings. The molecule has 3 rings (SSSR count). The molecule has 1 aliphatic carbocycles. The summed E-state index contributed by atoms with van der Waals surface area (Å²) in [5.41, 5.74) is -0.296. The number of carbonyl (C=O) groups is 3. The monoisotopic (exact) mass is 521 g/mol. The number of rotatable bonds is 11. The second-order valence-corrected chi connectivity index (χ2v) is 8.45. The molecule has 1 aromatic heterocycles. The fourth-order valence-corrected chi connectivity index (χ4v) is 3.64. The first kappa shape index (κ1) is 27.6. The van der Waals surface area contributed by atoms with E-state index in [4.69, 9.17) is 28.4 Å². The van der Waals surface area contributed by atoms with Crippen LogP contribution in [0.25, 0.3) is 11.0 Å². The number of alkyl carbamates (subject to hydrolysis) is 1. The normalized spacial score (nSPS) is 16.9. The van der Waals surface area contributed by atoms with Gasteiger partial charge in [0.15, 0.2) is 11.5 Å². The van der Waals surface area contributed by atoms with Crippen molar-refractivity contribution in [1.82, 2.24) is 16.0 Å². The fraction of sp³-hybridized carbons (Fsp3) is 0.500. The van der Waals surface area contributed by atoms with Crippen LogP contribution in [0, 0.1) is 5.92 Å². The van der Waals surface area contributed by atoms with Gasteiger partial charge < -0.3 is 34.6 Å². The zero-order valence-electron chi connectivity index (χ0n) is 20.7. The predicted molar refractivity (Wildman–Crippen MR) is 129 cm³/mol. The Morgan fingerprint density at radius 3 is 2.51 bits per heavy atom. The molecule has 0 saturated heterocycles. The van der Waals surface area contributed by atoms with Gasteiger partial charge in [-0.1, -0.05) is 6.92 Å². The third-order valence-corrected chi connectivity index (χ3v) is 5.67. The first-order valence-corrected chi connectivity index (χ1v) is 11.9. The van der Waals surface area contributed by atoms with E-state index in [2.05, 4.69) is 22.9 Å². The van der Waals surface area contributed by atoms with Crippen LogP contribution in [-0.4, -0.2) is 57.7 Å². The molecule has 3 amide bonds. The van der Waals surface area contributed by atoms with Crippen molar-refractivity contribution in [1.29, 1.82) is 0 Å². The maximum Gasteiger partial charge on any atom is 0.439 e. The van der Waals surface area contributed by atoms with Gasteiger partial charge >= 0.3 is 17.8 Å². The number of nitrogens with one attached hydrogen (secondary N) is 3. The summed E-state index contributed by atoms with van der Waals surface area (Å²) in [6, 6.07) is 5.85. The van der Waals surface area contributed by atoms with E-state index in [0.29, 0.717) is 11.3 Å². The highest BCUT2D eigenvalue weighted by molar-refractivity contribution is 5.82. The fourth-order valence-electron chi connectivity index (χ4n) is 3.64. The lowest BCUT2D eigenvalue weighted by molar-refractivity contribution is -0.273. The van der Waals surface area contributed by atoms with E-state index in [1.165, 1.54) is 19.2 Å². The van der Waals surface area contributed by atoms with Gasteiger partial charge in [-0.2, -0.15) is 0 Å². The Labute approximate surface area is 212 Å². The van der Waals surface area contributed by atoms with E-state index < -0.39 is 24.6 Å². The summed E-state index contributed by atoms with van der Waals surface area (Å²) in [6.07, 6.45) is 2.38. The van der Waals surface area contributed by atoms with Crippen molar-refractivity contribution < 1.29 is 42.8 Å². The predicted octanol–water partition coefficient (Wildman–Crippen LogP) is 2.22. The summed E-state index contributed by atoms with van der Waals surface area (Å²) >= 11 is 0. The molecule has 0 bridgehead atoms. The topological polar surface area (TPSA) is 164 Å². The lowest BCUT2D eigenvalue weighted by Crippen LogP contribution is -2.37. The molecule has 0 atom stereocenters. The van der Waals surface area contributed by atoms with Crippen LogP contribution in [0.15, 0.2) is 33.5 Å². The van der Waals surface area contributed by atoms with Gasteiger partial charge in [0, 0.05) is 30.6 Å². The van der Waals surface area contributed by atoms with Gasteiger partial charge in [-0.15, -0.1) is 4.89 Å². The molecule has 1 heterocycles. The average molecular weight is 522 g/mol. The van der Waals surface area contributed by atoms with Gasteiger partial charge in [-0.3, -0.25) is 9.68 Å². The van der Waals surface area contributed by atoms with Crippen LogP contribution in [0.3, 0.4) is 0 Å². The van der Waals surface area contributed by atoms with E-state index in [-0.39, 0.29) is 48.8 Å². The number of amides is 3. The Morgan fingerprint density at radius 1 is 1.00 bits per heavy atom. The largest absolute Gasteiger partial charge is 0.486 e. The molecule has 13 heteroatoms. The molecule has 37 heavy (non-hydrogen) atoms. The van der Waals surface area contributed by atoms with Crippen LogP contribution >= 0.6 is 0 Å². The second-order valence-electron chi connectivity index (χ2n) is 8.45. The second kappa shape index (κ2) is 13.9. The standard InChI is InChI=1S/C24H31N3O10/c1-15-3-6-17(7-4-15)27-24(31)37-35-14-34-19-11-16-5-8-22(29)36-18(16)12-20(19)32-9-10-33-23(30)26-13-21(28)25-2/h5,8,11-12,15,17H,3-4,6-7,9-10,13-14H2,1-2H3,(H,25,28)(H,26,30)(H,27,31). The lowest BCUT2D eigenvalue weighted by atomic mass is 9.87. The zero-order chi connectivity index (χ0) is 26.6. The van der Waals surface area contributed by atoms with E-state index in [1.54, 1.807) is 12.1 Å². The third kappa shape index (κ3) is 9.18. The van der Waals surface area contributed by atoms with Gasteiger partial charge in [0.05, 0.1) is 6.54 Å². The average Bonchev–Trinajstić information content (AvgIpc) is 2.89. The molecule has 3 N–H and O–H groups in total. The summed E-state index contributed by atoms with van der Waals surface area (Å²) in [4.78, 5) is 55.9. The Balaban J connectivity index is 1.50. The van der Waals surface area contributed by atoms with Crippen molar-refractivity contribution in [2.75, 3.05) is 33.6 Å². The maximum atomic E-state index is 12.0. The molecule has 0 aliphatic heterocycles. The zero-order valence-corrected chi connectivity index (χ0v) is 20.7. The van der Waals surface area contributed by atoms with Crippen LogP contribution in [0.5, 0.6) is 11.5 Å². The Kier molecular flexibility index (Phi) is 10.4. The maximum absolute atomic E-state index is 12.0. The quantitative estimate of drug-likeness (QED) is 0.131. The van der Waals surface area contributed by atoms with Crippen LogP contribution in [0.4, 0.5) is 9.59 Å². The van der Waals surface area contributed by atoms with Gasteiger partial charge in [0.1, 0.15) is 18.8 Å². The minimum Gasteiger partial charge on any atom is -0.486 e. The summed E-state index contributed by atoms with van der Waals surface area (Å²) in [7, 11) is 1.44. The molecule has 0 radical (unpaired) electrons. The molecule has 13 nitrogen and oxygen atoms in total. The summed E-state index contributed by atoms with van der Waals surface area (Å²) in [5, 5.41) is 7.96. The van der Waals surface area contributed by atoms with Crippen LogP contribution in [0.2, 0.25) is 0 Å². The van der Waals surface area contributed by atoms with Gasteiger partial charge in [-0.25, -0.2) is 14.4 Å². The first-order chi connectivity index (χ1) is 17.8. The smallest absolute Gasteiger partial charge is 0.439 e. The molecule has 1 aromatic carbocycles. The molecule has 0 spiro atoms. The number of ether oxygens (including phenoxy) is 3. The molecule has 202 valence electrons. The van der Waals surface area contributed by atoms with Gasteiger partial charge in [0.25, 0.3) is 0 Å².